The second-order valence-corrected chi connectivity index (χ2v) is 6.92. The highest BCUT2D eigenvalue weighted by Crippen LogP contribution is 2.26. The van der Waals surface area contributed by atoms with Crippen molar-refractivity contribution in [2.24, 2.45) is 0 Å². The smallest absolute Gasteiger partial charge is 0.122 e. The Morgan fingerprint density at radius 2 is 1.75 bits per heavy atom. The molecule has 0 aliphatic heterocycles. The van der Waals surface area contributed by atoms with E-state index in [4.69, 9.17) is 27.9 Å². The Hall–Kier alpha value is -0.740. The third kappa shape index (κ3) is 4.98. The van der Waals surface area contributed by atoms with Crippen LogP contribution in [0.5, 0.6) is 5.75 Å². The van der Waals surface area contributed by atoms with Crippen LogP contribution in [0.25, 0.3) is 0 Å². The lowest BCUT2D eigenvalue weighted by molar-refractivity contribution is 0.310. The van der Waals surface area contributed by atoms with E-state index in [1.54, 1.807) is 29.5 Å². The molecule has 0 saturated carbocycles. The molecule has 1 aromatic heterocycles. The van der Waals surface area contributed by atoms with E-state index in [1.807, 2.05) is 0 Å². The number of ether oxygens (including phenoxy) is 1. The lowest BCUT2D eigenvalue weighted by atomic mass is 10.3. The molecule has 0 atom stereocenters. The summed E-state index contributed by atoms with van der Waals surface area (Å²) < 4.78 is 5.71. The predicted octanol–water partition coefficient (Wildman–Crippen LogP) is 5.13. The topological polar surface area (TPSA) is 21.3 Å². The van der Waals surface area contributed by atoms with Gasteiger partial charge in [-0.3, -0.25) is 0 Å². The third-order valence-electron chi connectivity index (χ3n) is 2.62. The molecule has 108 valence electrons. The fourth-order valence-corrected chi connectivity index (χ4v) is 3.05. The van der Waals surface area contributed by atoms with E-state index in [-0.39, 0.29) is 0 Å². The maximum atomic E-state index is 5.94. The molecule has 0 bridgehead atoms. The molecule has 2 rings (SSSR count). The molecule has 2 nitrogen and oxygen atoms in total. The standard InChI is InChI=1S/C15H17Cl2NOS/c1-10(2)18-8-14-3-4-15(20-14)9-19-13-6-11(16)5-12(17)7-13/h3-7,10,18H,8-9H2,1-2H3. The van der Waals surface area contributed by atoms with Crippen molar-refractivity contribution in [2.45, 2.75) is 33.0 Å². The predicted molar refractivity (Wildman–Crippen MR) is 87.1 cm³/mol. The van der Waals surface area contributed by atoms with E-state index in [9.17, 15) is 0 Å². The van der Waals surface area contributed by atoms with Crippen molar-refractivity contribution >= 4 is 34.5 Å². The second-order valence-electron chi connectivity index (χ2n) is 4.80. The molecule has 5 heteroatoms. The van der Waals surface area contributed by atoms with Crippen LogP contribution in [0, 0.1) is 0 Å². The molecular weight excluding hydrogens is 313 g/mol. The Labute approximate surface area is 133 Å². The van der Waals surface area contributed by atoms with E-state index >= 15 is 0 Å². The van der Waals surface area contributed by atoms with Gasteiger partial charge >= 0.3 is 0 Å². The second kappa shape index (κ2) is 7.32. The molecule has 0 amide bonds. The van der Waals surface area contributed by atoms with Crippen molar-refractivity contribution in [3.63, 3.8) is 0 Å². The van der Waals surface area contributed by atoms with Crippen molar-refractivity contribution < 1.29 is 4.74 Å². The summed E-state index contributed by atoms with van der Waals surface area (Å²) >= 11 is 13.6. The maximum Gasteiger partial charge on any atom is 0.122 e. The van der Waals surface area contributed by atoms with Crippen LogP contribution in [-0.2, 0) is 13.2 Å². The van der Waals surface area contributed by atoms with Crippen LogP contribution in [0.2, 0.25) is 10.0 Å². The highest BCUT2D eigenvalue weighted by molar-refractivity contribution is 7.11. The van der Waals surface area contributed by atoms with E-state index in [0.29, 0.717) is 28.4 Å². The highest BCUT2D eigenvalue weighted by Gasteiger charge is 2.04. The quantitative estimate of drug-likeness (QED) is 0.792. The van der Waals surface area contributed by atoms with E-state index < -0.39 is 0 Å². The minimum atomic E-state index is 0.491. The van der Waals surface area contributed by atoms with Crippen LogP contribution < -0.4 is 10.1 Å². The van der Waals surface area contributed by atoms with Gasteiger partial charge in [-0.25, -0.2) is 0 Å². The largest absolute Gasteiger partial charge is 0.488 e. The van der Waals surface area contributed by atoms with Crippen molar-refractivity contribution in [3.8, 4) is 5.75 Å². The van der Waals surface area contributed by atoms with Crippen molar-refractivity contribution in [2.75, 3.05) is 0 Å². The van der Waals surface area contributed by atoms with Crippen LogP contribution in [0.4, 0.5) is 0 Å². The Morgan fingerprint density at radius 1 is 1.10 bits per heavy atom. The molecule has 0 aliphatic carbocycles. The maximum absolute atomic E-state index is 5.94. The van der Waals surface area contributed by atoms with Gasteiger partial charge in [-0.1, -0.05) is 37.0 Å². The van der Waals surface area contributed by atoms with Gasteiger partial charge in [0.05, 0.1) is 0 Å². The van der Waals surface area contributed by atoms with Gasteiger partial charge in [-0.05, 0) is 30.3 Å². The van der Waals surface area contributed by atoms with Gasteiger partial charge in [-0.15, -0.1) is 11.3 Å². The summed E-state index contributed by atoms with van der Waals surface area (Å²) in [6.07, 6.45) is 0. The molecule has 1 heterocycles. The number of thiophene rings is 1. The number of nitrogens with one attached hydrogen (secondary N) is 1. The minimum absolute atomic E-state index is 0.491. The Balaban J connectivity index is 1.90. The van der Waals surface area contributed by atoms with Crippen LogP contribution in [0.3, 0.4) is 0 Å². The van der Waals surface area contributed by atoms with Gasteiger partial charge in [0.1, 0.15) is 12.4 Å². The number of hydrogen-bond donors (Lipinski definition) is 1. The molecule has 2 aromatic rings. The first kappa shape index (κ1) is 15.6. The van der Waals surface area contributed by atoms with Gasteiger partial charge < -0.3 is 10.1 Å². The van der Waals surface area contributed by atoms with Crippen LogP contribution in [-0.4, -0.2) is 6.04 Å². The number of benzene rings is 1. The molecule has 0 unspecified atom stereocenters. The zero-order chi connectivity index (χ0) is 14.5. The number of rotatable bonds is 6. The summed E-state index contributed by atoms with van der Waals surface area (Å²) in [5.74, 6) is 0.692. The number of hydrogen-bond acceptors (Lipinski definition) is 3. The minimum Gasteiger partial charge on any atom is -0.488 e. The van der Waals surface area contributed by atoms with Crippen molar-refractivity contribution in [1.82, 2.24) is 5.32 Å². The van der Waals surface area contributed by atoms with Crippen LogP contribution in [0.15, 0.2) is 30.3 Å². The van der Waals surface area contributed by atoms with Gasteiger partial charge in [0.15, 0.2) is 0 Å². The molecule has 20 heavy (non-hydrogen) atoms. The fraction of sp³-hybridized carbons (Fsp3) is 0.333. The summed E-state index contributed by atoms with van der Waals surface area (Å²) in [6, 6.07) is 9.93. The molecule has 0 fully saturated rings. The first-order chi connectivity index (χ1) is 9.52. The summed E-state index contributed by atoms with van der Waals surface area (Å²) in [6.45, 7) is 5.70. The zero-order valence-electron chi connectivity index (χ0n) is 11.5. The molecule has 0 saturated heterocycles. The summed E-state index contributed by atoms with van der Waals surface area (Å²) in [5.41, 5.74) is 0. The van der Waals surface area contributed by atoms with Gasteiger partial charge in [0, 0.05) is 32.4 Å². The van der Waals surface area contributed by atoms with E-state index in [0.717, 1.165) is 6.54 Å². The van der Waals surface area contributed by atoms with E-state index in [2.05, 4.69) is 31.3 Å². The average Bonchev–Trinajstić information content (AvgIpc) is 2.81. The molecule has 1 aromatic carbocycles. The van der Waals surface area contributed by atoms with Gasteiger partial charge in [0.2, 0.25) is 0 Å². The van der Waals surface area contributed by atoms with Gasteiger partial charge in [0.25, 0.3) is 0 Å². The molecule has 0 spiro atoms. The Bertz CT molecular complexity index is 549. The zero-order valence-corrected chi connectivity index (χ0v) is 13.8. The fourth-order valence-electron chi connectivity index (χ4n) is 1.67. The highest BCUT2D eigenvalue weighted by atomic mass is 35.5. The van der Waals surface area contributed by atoms with Crippen molar-refractivity contribution in [3.05, 3.63) is 50.1 Å². The molecule has 0 aliphatic rings. The lowest BCUT2D eigenvalue weighted by Gasteiger charge is -2.06. The normalized spacial score (nSPS) is 11.1. The SMILES string of the molecule is CC(C)NCc1ccc(COc2cc(Cl)cc(Cl)c2)s1. The third-order valence-corrected chi connectivity index (χ3v) is 4.11. The van der Waals surface area contributed by atoms with Crippen molar-refractivity contribution in [1.29, 1.82) is 0 Å². The monoisotopic (exact) mass is 329 g/mol. The first-order valence-corrected chi connectivity index (χ1v) is 8.00. The van der Waals surface area contributed by atoms with Crippen LogP contribution >= 0.6 is 34.5 Å². The van der Waals surface area contributed by atoms with Gasteiger partial charge in [-0.2, -0.15) is 0 Å². The molecular formula is C15H17Cl2NOS. The molecule has 1 N–H and O–H groups in total. The summed E-state index contributed by atoms with van der Waals surface area (Å²) in [4.78, 5) is 2.49. The Kier molecular flexibility index (Phi) is 5.73. The summed E-state index contributed by atoms with van der Waals surface area (Å²) in [7, 11) is 0. The summed E-state index contributed by atoms with van der Waals surface area (Å²) in [5, 5.41) is 4.57. The lowest BCUT2D eigenvalue weighted by Crippen LogP contribution is -2.21. The van der Waals surface area contributed by atoms with Crippen LogP contribution in [0.1, 0.15) is 23.6 Å². The molecule has 0 radical (unpaired) electrons. The first-order valence-electron chi connectivity index (χ1n) is 6.43. The Morgan fingerprint density at radius 3 is 2.40 bits per heavy atom. The number of halogens is 2. The average molecular weight is 330 g/mol. The van der Waals surface area contributed by atoms with E-state index in [1.165, 1.54) is 9.75 Å².